The lowest BCUT2D eigenvalue weighted by atomic mass is 9.95. The number of halogens is 6. The normalized spacial score (nSPS) is 19.4. The van der Waals surface area contributed by atoms with Crippen molar-refractivity contribution >= 4 is 11.6 Å². The van der Waals surface area contributed by atoms with Gasteiger partial charge in [0, 0.05) is 13.1 Å². The van der Waals surface area contributed by atoms with Crippen LogP contribution in [0.25, 0.3) is 11.6 Å². The van der Waals surface area contributed by atoms with Gasteiger partial charge in [-0.25, -0.2) is 4.98 Å². The van der Waals surface area contributed by atoms with Gasteiger partial charge >= 0.3 is 12.4 Å². The molecule has 38 heavy (non-hydrogen) atoms. The Hall–Kier alpha value is -3.68. The van der Waals surface area contributed by atoms with Crippen molar-refractivity contribution in [3.8, 4) is 11.6 Å². The summed E-state index contributed by atoms with van der Waals surface area (Å²) in [4.78, 5) is 18.5. The number of benzene rings is 1. The third-order valence-corrected chi connectivity index (χ3v) is 6.39. The van der Waals surface area contributed by atoms with Crippen molar-refractivity contribution in [2.75, 3.05) is 12.3 Å². The van der Waals surface area contributed by atoms with Gasteiger partial charge in [0.2, 0.25) is 5.60 Å². The maximum absolute atomic E-state index is 14.0. The molecule has 0 radical (unpaired) electrons. The number of nitrogen functional groups attached to an aromatic ring is 1. The predicted octanol–water partition coefficient (Wildman–Crippen LogP) is 5.01. The second-order valence-corrected chi connectivity index (χ2v) is 9.05. The third kappa shape index (κ3) is 5.17. The van der Waals surface area contributed by atoms with Gasteiger partial charge in [0.1, 0.15) is 5.69 Å². The number of carbonyl (C=O) groups is 1. The maximum atomic E-state index is 14.0. The van der Waals surface area contributed by atoms with Crippen molar-refractivity contribution < 1.29 is 40.7 Å². The minimum Gasteiger partial charge on any atom is -0.416 e. The minimum atomic E-state index is -5.19. The zero-order valence-corrected chi connectivity index (χ0v) is 20.0. The standard InChI is InChI=1S/C24H23F6N5O3/c1-13-7-3-4-8-14(13)12-35-10-6-2-5-9-22(37,24(28,29)30)21-34-33-19(38-21)18-16(31)11-15(23(25,26)27)17(32-18)20(35)36/h3-4,7-8,11,37H,2,5-6,9-10,12,31H2,1H3/t22-/m1/s1. The molecule has 2 aromatic heterocycles. The molecular formula is C24H23F6N5O3. The molecular weight excluding hydrogens is 520 g/mol. The lowest BCUT2D eigenvalue weighted by Gasteiger charge is -2.28. The van der Waals surface area contributed by atoms with Crippen molar-refractivity contribution in [1.82, 2.24) is 20.1 Å². The van der Waals surface area contributed by atoms with Crippen LogP contribution in [-0.4, -0.2) is 43.8 Å². The fourth-order valence-corrected chi connectivity index (χ4v) is 4.19. The maximum Gasteiger partial charge on any atom is 0.426 e. The molecule has 14 heteroatoms. The molecule has 1 atom stereocenters. The highest BCUT2D eigenvalue weighted by atomic mass is 19.4. The van der Waals surface area contributed by atoms with Crippen LogP contribution in [0.5, 0.6) is 0 Å². The summed E-state index contributed by atoms with van der Waals surface area (Å²) in [6.07, 6.45) is -10.9. The van der Waals surface area contributed by atoms with Crippen LogP contribution in [0.1, 0.15) is 58.8 Å². The van der Waals surface area contributed by atoms with Crippen molar-refractivity contribution in [3.63, 3.8) is 0 Å². The first kappa shape index (κ1) is 27.4. The number of rotatable bonds is 2. The Kier molecular flexibility index (Phi) is 7.12. The van der Waals surface area contributed by atoms with Crippen LogP contribution in [0.3, 0.4) is 0 Å². The second kappa shape index (κ2) is 9.89. The van der Waals surface area contributed by atoms with E-state index >= 15 is 0 Å². The molecule has 8 nitrogen and oxygen atoms in total. The van der Waals surface area contributed by atoms with Crippen LogP contribution in [0.15, 0.2) is 34.7 Å². The van der Waals surface area contributed by atoms with Crippen LogP contribution >= 0.6 is 0 Å². The summed E-state index contributed by atoms with van der Waals surface area (Å²) in [6, 6.07) is 7.41. The number of pyridine rings is 1. The molecule has 1 aliphatic heterocycles. The quantitative estimate of drug-likeness (QED) is 0.437. The highest BCUT2D eigenvalue weighted by Crippen LogP contribution is 2.43. The molecule has 3 aromatic rings. The van der Waals surface area contributed by atoms with Gasteiger partial charge in [0.05, 0.1) is 11.3 Å². The van der Waals surface area contributed by atoms with Crippen LogP contribution in [0, 0.1) is 6.92 Å². The summed E-state index contributed by atoms with van der Waals surface area (Å²) in [7, 11) is 0. The van der Waals surface area contributed by atoms with E-state index in [1.165, 1.54) is 0 Å². The van der Waals surface area contributed by atoms with Crippen molar-refractivity contribution in [2.45, 2.75) is 57.1 Å². The summed E-state index contributed by atoms with van der Waals surface area (Å²) in [6.45, 7) is 1.63. The first-order valence-electron chi connectivity index (χ1n) is 11.6. The lowest BCUT2D eigenvalue weighted by molar-refractivity contribution is -0.277. The monoisotopic (exact) mass is 543 g/mol. The molecule has 4 bridgehead atoms. The Morgan fingerprint density at radius 3 is 2.45 bits per heavy atom. The Morgan fingerprint density at radius 2 is 1.79 bits per heavy atom. The number of nitrogens with zero attached hydrogens (tertiary/aromatic N) is 4. The van der Waals surface area contributed by atoms with Crippen molar-refractivity contribution in [3.05, 3.63) is 58.6 Å². The fourth-order valence-electron chi connectivity index (χ4n) is 4.19. The number of hydrogen-bond acceptors (Lipinski definition) is 7. The van der Waals surface area contributed by atoms with Crippen molar-refractivity contribution in [2.24, 2.45) is 0 Å². The van der Waals surface area contributed by atoms with E-state index in [1.54, 1.807) is 31.2 Å². The van der Waals surface area contributed by atoms with E-state index < -0.39 is 64.7 Å². The summed E-state index contributed by atoms with van der Waals surface area (Å²) in [5.41, 5.74) is -0.00270. The van der Waals surface area contributed by atoms with Gasteiger partial charge in [-0.05, 0) is 43.4 Å². The van der Waals surface area contributed by atoms with Gasteiger partial charge in [-0.15, -0.1) is 10.2 Å². The highest BCUT2D eigenvalue weighted by molar-refractivity contribution is 5.95. The molecule has 204 valence electrons. The number of carbonyl (C=O) groups excluding carboxylic acids is 1. The summed E-state index contributed by atoms with van der Waals surface area (Å²) >= 11 is 0. The van der Waals surface area contributed by atoms with Gasteiger partial charge in [-0.3, -0.25) is 4.79 Å². The summed E-state index contributed by atoms with van der Waals surface area (Å²) in [5, 5.41) is 17.2. The number of amides is 1. The number of anilines is 1. The van der Waals surface area contributed by atoms with E-state index in [1.807, 2.05) is 0 Å². The van der Waals surface area contributed by atoms with Gasteiger partial charge < -0.3 is 20.2 Å². The van der Waals surface area contributed by atoms with E-state index in [2.05, 4.69) is 15.2 Å². The average molecular weight is 543 g/mol. The fraction of sp³-hybridized carbons (Fsp3) is 0.417. The lowest BCUT2D eigenvalue weighted by Crippen LogP contribution is -2.42. The first-order valence-corrected chi connectivity index (χ1v) is 11.6. The zero-order chi connectivity index (χ0) is 27.9. The summed E-state index contributed by atoms with van der Waals surface area (Å²) in [5.74, 6) is -3.02. The smallest absolute Gasteiger partial charge is 0.416 e. The van der Waals surface area contributed by atoms with Crippen molar-refractivity contribution in [1.29, 1.82) is 0 Å². The minimum absolute atomic E-state index is 0.0681. The molecule has 3 N–H and O–H groups in total. The molecule has 0 saturated heterocycles. The molecule has 1 aliphatic rings. The Balaban J connectivity index is 1.89. The number of aryl methyl sites for hydroxylation is 1. The first-order chi connectivity index (χ1) is 17.7. The highest BCUT2D eigenvalue weighted by Gasteiger charge is 2.58. The third-order valence-electron chi connectivity index (χ3n) is 6.39. The Morgan fingerprint density at radius 1 is 1.08 bits per heavy atom. The molecule has 0 unspecified atom stereocenters. The SMILES string of the molecule is Cc1ccccc1CN1CCCCC[C@](O)(C(F)(F)F)c2nnc(o2)-c2nc(c(C(F)(F)F)cc2N)C1=O. The largest absolute Gasteiger partial charge is 0.426 e. The van der Waals surface area contributed by atoms with Crippen LogP contribution < -0.4 is 5.73 Å². The van der Waals surface area contributed by atoms with Gasteiger partial charge in [-0.2, -0.15) is 26.3 Å². The summed E-state index contributed by atoms with van der Waals surface area (Å²) < 4.78 is 88.5. The Bertz CT molecular complexity index is 1340. The predicted molar refractivity (Wildman–Crippen MR) is 121 cm³/mol. The molecule has 0 fully saturated rings. The molecule has 0 aliphatic carbocycles. The van der Waals surface area contributed by atoms with E-state index in [-0.39, 0.29) is 32.4 Å². The van der Waals surface area contributed by atoms with Crippen LogP contribution in [-0.2, 0) is 18.3 Å². The molecule has 3 heterocycles. The molecule has 4 rings (SSSR count). The number of aromatic nitrogens is 3. The van der Waals surface area contributed by atoms with E-state index in [0.717, 1.165) is 10.5 Å². The molecule has 1 amide bonds. The number of nitrogens with two attached hydrogens (primary N) is 1. The number of aliphatic hydroxyl groups is 1. The van der Waals surface area contributed by atoms with Crippen LogP contribution in [0.4, 0.5) is 32.0 Å². The Labute approximate surface area is 212 Å². The van der Waals surface area contributed by atoms with Gasteiger partial charge in [0.15, 0.2) is 5.69 Å². The van der Waals surface area contributed by atoms with Gasteiger partial charge in [0.25, 0.3) is 17.7 Å². The number of hydrogen-bond donors (Lipinski definition) is 2. The average Bonchev–Trinajstić information content (AvgIpc) is 3.32. The van der Waals surface area contributed by atoms with E-state index in [4.69, 9.17) is 10.2 Å². The van der Waals surface area contributed by atoms with Crippen LogP contribution in [0.2, 0.25) is 0 Å². The number of alkyl halides is 6. The van der Waals surface area contributed by atoms with E-state index in [0.29, 0.717) is 11.6 Å². The zero-order valence-electron chi connectivity index (χ0n) is 20.0. The van der Waals surface area contributed by atoms with E-state index in [9.17, 15) is 36.2 Å². The molecule has 0 saturated carbocycles. The topological polar surface area (TPSA) is 118 Å². The van der Waals surface area contributed by atoms with Gasteiger partial charge in [-0.1, -0.05) is 30.7 Å². The second-order valence-electron chi connectivity index (χ2n) is 9.05. The number of fused-ring (bicyclic) bond motifs is 5. The molecule has 0 spiro atoms. The molecule has 1 aromatic carbocycles.